The van der Waals surface area contributed by atoms with Crippen LogP contribution < -0.4 is 5.76 Å². The van der Waals surface area contributed by atoms with E-state index >= 15 is 0 Å². The van der Waals surface area contributed by atoms with E-state index in [-0.39, 0.29) is 0 Å². The number of hydrogen-bond donors (Lipinski definition) is 0. The van der Waals surface area contributed by atoms with Crippen LogP contribution in [0.4, 0.5) is 17.6 Å². The maximum Gasteiger partial charge on any atom is 0.442 e. The van der Waals surface area contributed by atoms with Crippen molar-refractivity contribution in [3.05, 3.63) is 68.1 Å². The molecule has 1 aromatic heterocycles. The Hall–Kier alpha value is -2.32. The molecule has 4 nitrogen and oxygen atoms in total. The van der Waals surface area contributed by atoms with Crippen molar-refractivity contribution in [1.82, 2.24) is 9.78 Å². The largest absolute Gasteiger partial charge is 0.442 e. The van der Waals surface area contributed by atoms with Gasteiger partial charge in [-0.2, -0.15) is 4.68 Å². The average molecular weight is 379 g/mol. The Balaban J connectivity index is 2.24. The number of halogens is 6. The van der Waals surface area contributed by atoms with Crippen molar-refractivity contribution >= 4 is 23.2 Å². The summed E-state index contributed by atoms with van der Waals surface area (Å²) in [4.78, 5) is 11.8. The lowest BCUT2D eigenvalue weighted by molar-refractivity contribution is 0.500. The first kappa shape index (κ1) is 16.5. The van der Waals surface area contributed by atoms with E-state index in [1.165, 1.54) is 0 Å². The van der Waals surface area contributed by atoms with E-state index in [0.717, 1.165) is 24.3 Å². The molecule has 0 saturated heterocycles. The Labute approximate surface area is 140 Å². The van der Waals surface area contributed by atoms with E-state index in [4.69, 9.17) is 23.2 Å². The average Bonchev–Trinajstić information content (AvgIpc) is 2.90. The number of nitrogens with zero attached hydrogens (tertiary/aromatic N) is 2. The normalized spacial score (nSPS) is 11.1. The van der Waals surface area contributed by atoms with Crippen molar-refractivity contribution in [3.63, 3.8) is 0 Å². The Morgan fingerprint density at radius 1 is 1.04 bits per heavy atom. The molecular formula is C14H4Cl2F4N2O2. The summed E-state index contributed by atoms with van der Waals surface area (Å²) in [6.45, 7) is 0. The van der Waals surface area contributed by atoms with Gasteiger partial charge in [0.15, 0.2) is 11.6 Å². The van der Waals surface area contributed by atoms with Crippen molar-refractivity contribution in [3.8, 4) is 17.1 Å². The van der Waals surface area contributed by atoms with Crippen LogP contribution in [0.3, 0.4) is 0 Å². The summed E-state index contributed by atoms with van der Waals surface area (Å²) in [6, 6.07) is 3.68. The topological polar surface area (TPSA) is 48.0 Å². The smallest absolute Gasteiger partial charge is 0.387 e. The van der Waals surface area contributed by atoms with Gasteiger partial charge in [0.25, 0.3) is 5.89 Å². The highest BCUT2D eigenvalue weighted by molar-refractivity contribution is 6.35. The fourth-order valence-corrected chi connectivity index (χ4v) is 2.39. The van der Waals surface area contributed by atoms with Gasteiger partial charge in [-0.05, 0) is 18.2 Å². The lowest BCUT2D eigenvalue weighted by Gasteiger charge is -2.05. The Bertz CT molecular complexity index is 996. The molecule has 0 fully saturated rings. The highest BCUT2D eigenvalue weighted by Crippen LogP contribution is 2.30. The highest BCUT2D eigenvalue weighted by Gasteiger charge is 2.23. The second-order valence-electron chi connectivity index (χ2n) is 4.50. The van der Waals surface area contributed by atoms with Crippen molar-refractivity contribution in [1.29, 1.82) is 0 Å². The lowest BCUT2D eigenvalue weighted by atomic mass is 10.2. The van der Waals surface area contributed by atoms with E-state index < -0.39 is 56.2 Å². The molecule has 24 heavy (non-hydrogen) atoms. The van der Waals surface area contributed by atoms with Gasteiger partial charge < -0.3 is 4.42 Å². The molecule has 3 aromatic rings. The molecule has 0 aliphatic rings. The first-order chi connectivity index (χ1) is 11.3. The molecule has 0 bridgehead atoms. The zero-order valence-electron chi connectivity index (χ0n) is 11.3. The Morgan fingerprint density at radius 2 is 1.67 bits per heavy atom. The van der Waals surface area contributed by atoms with E-state index in [2.05, 4.69) is 9.52 Å². The fourth-order valence-electron chi connectivity index (χ4n) is 1.95. The number of benzene rings is 2. The first-order valence-electron chi connectivity index (χ1n) is 6.19. The monoisotopic (exact) mass is 378 g/mol. The summed E-state index contributed by atoms with van der Waals surface area (Å²) in [5, 5.41) is 1.98. The summed E-state index contributed by atoms with van der Waals surface area (Å²) in [7, 11) is 0. The molecule has 0 spiro atoms. The molecule has 0 aliphatic heterocycles. The van der Waals surface area contributed by atoms with Crippen LogP contribution in [0.2, 0.25) is 10.0 Å². The van der Waals surface area contributed by atoms with Gasteiger partial charge in [-0.15, -0.1) is 5.10 Å². The number of aromatic nitrogens is 2. The van der Waals surface area contributed by atoms with Crippen LogP contribution in [0.1, 0.15) is 0 Å². The van der Waals surface area contributed by atoms with Gasteiger partial charge in [0.1, 0.15) is 27.9 Å². The van der Waals surface area contributed by atoms with Crippen LogP contribution in [0.15, 0.2) is 33.5 Å². The minimum atomic E-state index is -1.34. The molecular weight excluding hydrogens is 375 g/mol. The van der Waals surface area contributed by atoms with Gasteiger partial charge in [0, 0.05) is 0 Å². The molecule has 0 saturated carbocycles. The quantitative estimate of drug-likeness (QED) is 0.378. The Kier molecular flexibility index (Phi) is 4.10. The van der Waals surface area contributed by atoms with Crippen molar-refractivity contribution < 1.29 is 22.0 Å². The third-order valence-electron chi connectivity index (χ3n) is 3.04. The molecule has 0 aliphatic carbocycles. The van der Waals surface area contributed by atoms with Gasteiger partial charge in [-0.3, -0.25) is 0 Å². The molecule has 3 rings (SSSR count). The third kappa shape index (κ3) is 2.57. The SMILES string of the molecule is O=c1oc(-c2c(F)cccc2F)nn1-c1cc(Cl)c(F)c(Cl)c1F. The van der Waals surface area contributed by atoms with Gasteiger partial charge in [-0.1, -0.05) is 29.3 Å². The van der Waals surface area contributed by atoms with Crippen LogP contribution in [0, 0.1) is 23.3 Å². The molecule has 10 heteroatoms. The minimum absolute atomic E-state index is 0.327. The summed E-state index contributed by atoms with van der Waals surface area (Å²) in [5.74, 6) is -6.65. The second kappa shape index (κ2) is 5.95. The standard InChI is InChI=1S/C14H4Cl2F4N2O2/c15-5-4-8(12(20)10(16)11(5)19)22-14(23)24-13(21-22)9-6(17)2-1-3-7(9)18/h1-4H. The highest BCUT2D eigenvalue weighted by atomic mass is 35.5. The van der Waals surface area contributed by atoms with Crippen LogP contribution in [0.5, 0.6) is 0 Å². The first-order valence-corrected chi connectivity index (χ1v) is 6.94. The molecule has 0 N–H and O–H groups in total. The molecule has 0 atom stereocenters. The second-order valence-corrected chi connectivity index (χ2v) is 5.29. The van der Waals surface area contributed by atoms with Crippen LogP contribution in [-0.2, 0) is 0 Å². The number of hydrogen-bond acceptors (Lipinski definition) is 3. The predicted octanol–water partition coefficient (Wildman–Crippen LogP) is 4.36. The summed E-state index contributed by atoms with van der Waals surface area (Å²) >= 11 is 11.0. The zero-order chi connectivity index (χ0) is 17.6. The summed E-state index contributed by atoms with van der Waals surface area (Å²) < 4.78 is 59.9. The van der Waals surface area contributed by atoms with Crippen molar-refractivity contribution in [2.24, 2.45) is 0 Å². The number of rotatable bonds is 2. The van der Waals surface area contributed by atoms with E-state index in [0.29, 0.717) is 4.68 Å². The zero-order valence-corrected chi connectivity index (χ0v) is 12.8. The summed E-state index contributed by atoms with van der Waals surface area (Å²) in [6.07, 6.45) is 0. The third-order valence-corrected chi connectivity index (χ3v) is 3.64. The van der Waals surface area contributed by atoms with E-state index in [1.807, 2.05) is 0 Å². The fraction of sp³-hybridized carbons (Fsp3) is 0. The van der Waals surface area contributed by atoms with Crippen LogP contribution in [0.25, 0.3) is 17.1 Å². The lowest BCUT2D eigenvalue weighted by Crippen LogP contribution is -2.15. The molecule has 0 unspecified atom stereocenters. The van der Waals surface area contributed by atoms with Crippen molar-refractivity contribution in [2.75, 3.05) is 0 Å². The molecule has 124 valence electrons. The van der Waals surface area contributed by atoms with Crippen molar-refractivity contribution in [2.45, 2.75) is 0 Å². The minimum Gasteiger partial charge on any atom is -0.387 e. The predicted molar refractivity (Wildman–Crippen MR) is 77.4 cm³/mol. The van der Waals surface area contributed by atoms with Crippen LogP contribution in [-0.4, -0.2) is 9.78 Å². The van der Waals surface area contributed by atoms with Gasteiger partial charge >= 0.3 is 5.76 Å². The van der Waals surface area contributed by atoms with Gasteiger partial charge in [0.2, 0.25) is 0 Å². The maximum atomic E-state index is 14.1. The molecule has 0 radical (unpaired) electrons. The van der Waals surface area contributed by atoms with E-state index in [9.17, 15) is 22.4 Å². The van der Waals surface area contributed by atoms with Gasteiger partial charge in [0.05, 0.1) is 5.02 Å². The van der Waals surface area contributed by atoms with Gasteiger partial charge in [-0.25, -0.2) is 22.4 Å². The van der Waals surface area contributed by atoms with Crippen LogP contribution >= 0.6 is 23.2 Å². The summed E-state index contributed by atoms with van der Waals surface area (Å²) in [5.41, 5.74) is -1.35. The Morgan fingerprint density at radius 3 is 2.29 bits per heavy atom. The maximum absolute atomic E-state index is 14.1. The van der Waals surface area contributed by atoms with E-state index in [1.54, 1.807) is 0 Å². The molecule has 1 heterocycles. The molecule has 0 amide bonds. The molecule has 2 aromatic carbocycles.